The van der Waals surface area contributed by atoms with Gasteiger partial charge in [-0.25, -0.2) is 13.6 Å². The molecule has 0 radical (unpaired) electrons. The van der Waals surface area contributed by atoms with Crippen LogP contribution in [-0.2, 0) is 25.8 Å². The molecule has 0 saturated carbocycles. The molecule has 0 amide bonds. The topological polar surface area (TPSA) is 120 Å². The highest BCUT2D eigenvalue weighted by molar-refractivity contribution is 5.50. The Morgan fingerprint density at radius 2 is 1.60 bits per heavy atom. The van der Waals surface area contributed by atoms with Crippen LogP contribution >= 0.6 is 0 Å². The van der Waals surface area contributed by atoms with Crippen molar-refractivity contribution in [2.75, 3.05) is 31.1 Å². The van der Waals surface area contributed by atoms with Gasteiger partial charge in [0, 0.05) is 62.2 Å². The Bertz CT molecular complexity index is 1950. The molecule has 0 unspecified atom stereocenters. The van der Waals surface area contributed by atoms with Crippen molar-refractivity contribution in [1.82, 2.24) is 14.0 Å². The maximum atomic E-state index is 15.0. The van der Waals surface area contributed by atoms with Gasteiger partial charge in [0.05, 0.1) is 23.6 Å². The molecule has 0 aliphatic carbocycles. The number of aromatic nitrogens is 2. The van der Waals surface area contributed by atoms with Crippen LogP contribution in [0.3, 0.4) is 0 Å². The zero-order chi connectivity index (χ0) is 34.9. The quantitative estimate of drug-likeness (QED) is 0.153. The summed E-state index contributed by atoms with van der Waals surface area (Å²) >= 11 is 0. The van der Waals surface area contributed by atoms with Crippen molar-refractivity contribution in [3.8, 4) is 0 Å². The molecule has 48 heavy (non-hydrogen) atoms. The molecule has 1 saturated heterocycles. The van der Waals surface area contributed by atoms with Gasteiger partial charge in [0.1, 0.15) is 17.3 Å². The van der Waals surface area contributed by atoms with Crippen molar-refractivity contribution in [3.63, 3.8) is 0 Å². The Hall–Kier alpha value is -4.89. The molecular weight excluding hydrogens is 639 g/mol. The minimum atomic E-state index is -4.92. The van der Waals surface area contributed by atoms with Crippen molar-refractivity contribution in [1.29, 1.82) is 0 Å². The van der Waals surface area contributed by atoms with E-state index < -0.39 is 64.2 Å². The SMILES string of the molecule is Cc1cc(F)cc([C@@H](N)Cn2c(=O)c(N3CCN(Cc4cccc([N+](=O)[O-])c4)CC3)c(C)n(Cc3c(F)cccc3C(F)(F)F)c2=O)c1. The van der Waals surface area contributed by atoms with Gasteiger partial charge in [-0.1, -0.05) is 24.3 Å². The van der Waals surface area contributed by atoms with Crippen LogP contribution in [0.15, 0.2) is 70.3 Å². The first-order valence-corrected chi connectivity index (χ1v) is 15.1. The molecule has 2 heterocycles. The number of halogens is 5. The van der Waals surface area contributed by atoms with Crippen LogP contribution in [0.25, 0.3) is 0 Å². The third-order valence-electron chi connectivity index (χ3n) is 8.49. The van der Waals surface area contributed by atoms with E-state index in [4.69, 9.17) is 5.73 Å². The largest absolute Gasteiger partial charge is 0.416 e. The molecule has 10 nitrogen and oxygen atoms in total. The molecule has 1 aliphatic heterocycles. The number of rotatable bonds is 9. The monoisotopic (exact) mass is 672 g/mol. The Morgan fingerprint density at radius 1 is 0.917 bits per heavy atom. The summed E-state index contributed by atoms with van der Waals surface area (Å²) in [6.45, 7) is 3.58. The number of benzene rings is 3. The van der Waals surface area contributed by atoms with E-state index in [2.05, 4.69) is 0 Å². The molecule has 0 bridgehead atoms. The second-order valence-electron chi connectivity index (χ2n) is 11.8. The summed E-state index contributed by atoms with van der Waals surface area (Å²) in [4.78, 5) is 42.3. The van der Waals surface area contributed by atoms with E-state index in [1.54, 1.807) is 30.0 Å². The van der Waals surface area contributed by atoms with Crippen LogP contribution in [0.2, 0.25) is 0 Å². The zero-order valence-electron chi connectivity index (χ0n) is 26.1. The summed E-state index contributed by atoms with van der Waals surface area (Å²) in [5.41, 5.74) is 4.21. The fraction of sp³-hybridized carbons (Fsp3) is 0.333. The van der Waals surface area contributed by atoms with Crippen molar-refractivity contribution in [3.05, 3.63) is 137 Å². The number of nitrogens with zero attached hydrogens (tertiary/aromatic N) is 5. The van der Waals surface area contributed by atoms with Gasteiger partial charge in [-0.2, -0.15) is 13.2 Å². The lowest BCUT2D eigenvalue weighted by Crippen LogP contribution is -2.51. The fourth-order valence-electron chi connectivity index (χ4n) is 6.08. The first-order valence-electron chi connectivity index (χ1n) is 15.1. The van der Waals surface area contributed by atoms with Gasteiger partial charge in [0.2, 0.25) is 0 Å². The fourth-order valence-corrected chi connectivity index (χ4v) is 6.08. The molecule has 254 valence electrons. The predicted octanol–water partition coefficient (Wildman–Crippen LogP) is 4.90. The van der Waals surface area contributed by atoms with Gasteiger partial charge in [-0.15, -0.1) is 0 Å². The van der Waals surface area contributed by atoms with Gasteiger partial charge in [-0.3, -0.25) is 28.9 Å². The van der Waals surface area contributed by atoms with Crippen molar-refractivity contribution in [2.45, 2.75) is 45.7 Å². The van der Waals surface area contributed by atoms with Crippen LogP contribution in [0.5, 0.6) is 0 Å². The number of nitro groups is 1. The Kier molecular flexibility index (Phi) is 9.82. The van der Waals surface area contributed by atoms with Crippen LogP contribution in [-0.4, -0.2) is 45.1 Å². The summed E-state index contributed by atoms with van der Waals surface area (Å²) in [5, 5.41) is 11.2. The number of anilines is 1. The van der Waals surface area contributed by atoms with Gasteiger partial charge >= 0.3 is 11.9 Å². The second-order valence-corrected chi connectivity index (χ2v) is 11.8. The van der Waals surface area contributed by atoms with E-state index in [-0.39, 0.29) is 30.2 Å². The standard InChI is InChI=1S/C33H33F5N6O4/c1-20-13-23(16-24(34)14-20)29(39)19-43-31(45)30(41-11-9-40(10-12-41)17-22-5-3-6-25(15-22)44(47)48)21(2)42(32(43)46)18-26-27(33(36,37)38)7-4-8-28(26)35/h3-8,13-16,29H,9-12,17-19,39H2,1-2H3/t29-/m0/s1. The van der Waals surface area contributed by atoms with E-state index in [0.29, 0.717) is 30.8 Å². The lowest BCUT2D eigenvalue weighted by atomic mass is 10.0. The highest BCUT2D eigenvalue weighted by Crippen LogP contribution is 2.34. The van der Waals surface area contributed by atoms with Gasteiger partial charge in [0.25, 0.3) is 11.2 Å². The number of alkyl halides is 3. The number of piperazine rings is 1. The number of non-ortho nitro benzene ring substituents is 1. The minimum Gasteiger partial charge on any atom is -0.363 e. The lowest BCUT2D eigenvalue weighted by molar-refractivity contribution is -0.384. The number of hydrogen-bond acceptors (Lipinski definition) is 7. The molecular formula is C33H33F5N6O4. The molecule has 1 atom stereocenters. The molecule has 15 heteroatoms. The first kappa shape index (κ1) is 34.4. The van der Waals surface area contributed by atoms with E-state index in [1.807, 2.05) is 4.90 Å². The average molecular weight is 673 g/mol. The molecule has 2 N–H and O–H groups in total. The minimum absolute atomic E-state index is 0.0390. The first-order chi connectivity index (χ1) is 22.6. The highest BCUT2D eigenvalue weighted by Gasteiger charge is 2.35. The Labute approximate surface area is 271 Å². The summed E-state index contributed by atoms with van der Waals surface area (Å²) in [5.74, 6) is -1.74. The zero-order valence-corrected chi connectivity index (χ0v) is 26.1. The summed E-state index contributed by atoms with van der Waals surface area (Å²) in [7, 11) is 0. The Morgan fingerprint density at radius 3 is 2.25 bits per heavy atom. The van der Waals surface area contributed by atoms with Crippen LogP contribution in [0, 0.1) is 35.6 Å². The van der Waals surface area contributed by atoms with E-state index in [1.165, 1.54) is 31.2 Å². The number of nitrogens with two attached hydrogens (primary N) is 1. The maximum absolute atomic E-state index is 15.0. The van der Waals surface area contributed by atoms with E-state index in [9.17, 15) is 41.7 Å². The Balaban J connectivity index is 1.53. The van der Waals surface area contributed by atoms with Crippen LogP contribution < -0.4 is 21.9 Å². The van der Waals surface area contributed by atoms with Gasteiger partial charge in [0.15, 0.2) is 0 Å². The summed E-state index contributed by atoms with van der Waals surface area (Å²) < 4.78 is 72.7. The number of nitro benzene ring substituents is 1. The molecule has 5 rings (SSSR count). The number of hydrogen-bond donors (Lipinski definition) is 1. The smallest absolute Gasteiger partial charge is 0.363 e. The normalized spacial score (nSPS) is 14.7. The lowest BCUT2D eigenvalue weighted by Gasteiger charge is -2.37. The van der Waals surface area contributed by atoms with Crippen molar-refractivity contribution < 1.29 is 26.9 Å². The van der Waals surface area contributed by atoms with Gasteiger partial charge in [-0.05, 0) is 54.8 Å². The third kappa shape index (κ3) is 7.31. The van der Waals surface area contributed by atoms with Gasteiger partial charge < -0.3 is 10.6 Å². The summed E-state index contributed by atoms with van der Waals surface area (Å²) in [6, 6.07) is 11.8. The summed E-state index contributed by atoms with van der Waals surface area (Å²) in [6.07, 6.45) is -4.92. The maximum Gasteiger partial charge on any atom is 0.416 e. The molecule has 1 fully saturated rings. The molecule has 3 aromatic carbocycles. The highest BCUT2D eigenvalue weighted by atomic mass is 19.4. The third-order valence-corrected chi connectivity index (χ3v) is 8.49. The van der Waals surface area contributed by atoms with E-state index >= 15 is 0 Å². The van der Waals surface area contributed by atoms with Crippen LogP contribution in [0.4, 0.5) is 33.3 Å². The van der Waals surface area contributed by atoms with Crippen molar-refractivity contribution in [2.24, 2.45) is 5.73 Å². The average Bonchev–Trinajstić information content (AvgIpc) is 3.02. The molecule has 0 spiro atoms. The van der Waals surface area contributed by atoms with Crippen LogP contribution in [0.1, 0.15) is 39.6 Å². The number of aryl methyl sites for hydroxylation is 1. The molecule has 4 aromatic rings. The van der Waals surface area contributed by atoms with E-state index in [0.717, 1.165) is 32.9 Å². The predicted molar refractivity (Wildman–Crippen MR) is 169 cm³/mol. The molecule has 1 aromatic heterocycles. The molecule has 1 aliphatic rings. The second kappa shape index (κ2) is 13.7. The van der Waals surface area contributed by atoms with Crippen molar-refractivity contribution >= 4 is 11.4 Å².